The molecule has 0 atom stereocenters. The second-order valence-electron chi connectivity index (χ2n) is 5.67. The first-order valence-corrected chi connectivity index (χ1v) is 6.07. The SMILES string of the molecule is NC1(c2ccc([N+](=O)[O-])cc2)CC2(CCC2)C1. The van der Waals surface area contributed by atoms with Crippen LogP contribution in [-0.4, -0.2) is 4.92 Å². The van der Waals surface area contributed by atoms with Gasteiger partial charge in [0.15, 0.2) is 0 Å². The van der Waals surface area contributed by atoms with Gasteiger partial charge in [-0.05, 0) is 36.7 Å². The van der Waals surface area contributed by atoms with Crippen LogP contribution in [0.3, 0.4) is 0 Å². The van der Waals surface area contributed by atoms with E-state index in [1.165, 1.54) is 19.3 Å². The van der Waals surface area contributed by atoms with Crippen molar-refractivity contribution in [2.24, 2.45) is 11.1 Å². The van der Waals surface area contributed by atoms with Gasteiger partial charge in [-0.25, -0.2) is 0 Å². The summed E-state index contributed by atoms with van der Waals surface area (Å²) in [6.07, 6.45) is 6.02. The fourth-order valence-corrected chi connectivity index (χ4v) is 3.44. The van der Waals surface area contributed by atoms with Crippen LogP contribution in [0.4, 0.5) is 5.69 Å². The molecule has 4 heteroatoms. The molecule has 90 valence electrons. The number of hydrogen-bond acceptors (Lipinski definition) is 3. The first-order valence-electron chi connectivity index (χ1n) is 6.07. The maximum absolute atomic E-state index is 10.6. The van der Waals surface area contributed by atoms with Gasteiger partial charge in [-0.15, -0.1) is 0 Å². The molecular weight excluding hydrogens is 216 g/mol. The second-order valence-corrected chi connectivity index (χ2v) is 5.67. The van der Waals surface area contributed by atoms with Crippen LogP contribution >= 0.6 is 0 Å². The molecule has 0 aliphatic heterocycles. The van der Waals surface area contributed by atoms with E-state index >= 15 is 0 Å². The molecule has 2 aliphatic carbocycles. The van der Waals surface area contributed by atoms with Gasteiger partial charge in [0.05, 0.1) is 4.92 Å². The average Bonchev–Trinajstić information content (AvgIpc) is 2.22. The van der Waals surface area contributed by atoms with Gasteiger partial charge in [0.25, 0.3) is 5.69 Å². The van der Waals surface area contributed by atoms with Crippen molar-refractivity contribution in [2.45, 2.75) is 37.6 Å². The zero-order chi connectivity index (χ0) is 12.1. The average molecular weight is 232 g/mol. The van der Waals surface area contributed by atoms with E-state index in [1.54, 1.807) is 12.1 Å². The Bertz CT molecular complexity index is 455. The minimum absolute atomic E-state index is 0.134. The molecule has 2 N–H and O–H groups in total. The number of nitro benzene ring substituents is 1. The number of nitrogens with zero attached hydrogens (tertiary/aromatic N) is 1. The Balaban J connectivity index is 1.78. The van der Waals surface area contributed by atoms with Crippen LogP contribution < -0.4 is 5.73 Å². The summed E-state index contributed by atoms with van der Waals surface area (Å²) in [6.45, 7) is 0. The third-order valence-corrected chi connectivity index (χ3v) is 4.45. The van der Waals surface area contributed by atoms with Gasteiger partial charge in [-0.2, -0.15) is 0 Å². The fraction of sp³-hybridized carbons (Fsp3) is 0.538. The minimum atomic E-state index is -0.374. The molecule has 3 rings (SSSR count). The Labute approximate surface area is 100.0 Å². The van der Waals surface area contributed by atoms with E-state index in [2.05, 4.69) is 0 Å². The summed E-state index contributed by atoms with van der Waals surface area (Å²) in [5.74, 6) is 0. The highest BCUT2D eigenvalue weighted by Crippen LogP contribution is 2.62. The van der Waals surface area contributed by atoms with Crippen LogP contribution in [0.2, 0.25) is 0 Å². The highest BCUT2D eigenvalue weighted by molar-refractivity contribution is 5.38. The zero-order valence-corrected chi connectivity index (χ0v) is 9.69. The third-order valence-electron chi connectivity index (χ3n) is 4.45. The lowest BCUT2D eigenvalue weighted by Gasteiger charge is -2.60. The second kappa shape index (κ2) is 3.29. The van der Waals surface area contributed by atoms with Crippen LogP contribution in [0.15, 0.2) is 24.3 Å². The monoisotopic (exact) mass is 232 g/mol. The molecule has 0 saturated heterocycles. The number of non-ortho nitro benzene ring substituents is 1. The van der Waals surface area contributed by atoms with E-state index in [0.29, 0.717) is 5.41 Å². The lowest BCUT2D eigenvalue weighted by atomic mass is 9.47. The molecule has 17 heavy (non-hydrogen) atoms. The number of nitrogens with two attached hydrogens (primary N) is 1. The van der Waals surface area contributed by atoms with Crippen LogP contribution in [0.1, 0.15) is 37.7 Å². The predicted molar refractivity (Wildman–Crippen MR) is 64.5 cm³/mol. The van der Waals surface area contributed by atoms with Gasteiger partial charge >= 0.3 is 0 Å². The zero-order valence-electron chi connectivity index (χ0n) is 9.69. The lowest BCUT2D eigenvalue weighted by Crippen LogP contribution is -2.58. The highest BCUT2D eigenvalue weighted by Gasteiger charge is 2.55. The van der Waals surface area contributed by atoms with Crippen molar-refractivity contribution >= 4 is 5.69 Å². The Morgan fingerprint density at radius 2 is 1.76 bits per heavy atom. The summed E-state index contributed by atoms with van der Waals surface area (Å²) in [5, 5.41) is 10.6. The van der Waals surface area contributed by atoms with Crippen LogP contribution in [-0.2, 0) is 5.54 Å². The molecule has 1 aromatic carbocycles. The maximum atomic E-state index is 10.6. The van der Waals surface area contributed by atoms with Gasteiger partial charge in [-0.1, -0.05) is 18.6 Å². The van der Waals surface area contributed by atoms with E-state index < -0.39 is 0 Å². The van der Waals surface area contributed by atoms with Crippen molar-refractivity contribution in [3.8, 4) is 0 Å². The first kappa shape index (κ1) is 10.7. The van der Waals surface area contributed by atoms with Gasteiger partial charge in [0.1, 0.15) is 0 Å². The molecule has 1 spiro atoms. The maximum Gasteiger partial charge on any atom is 0.269 e. The van der Waals surface area contributed by atoms with Crippen molar-refractivity contribution < 1.29 is 4.92 Å². The van der Waals surface area contributed by atoms with Gasteiger partial charge in [0.2, 0.25) is 0 Å². The van der Waals surface area contributed by atoms with E-state index in [4.69, 9.17) is 5.73 Å². The largest absolute Gasteiger partial charge is 0.321 e. The number of rotatable bonds is 2. The Morgan fingerprint density at radius 1 is 1.18 bits per heavy atom. The van der Waals surface area contributed by atoms with Crippen LogP contribution in [0, 0.1) is 15.5 Å². The van der Waals surface area contributed by atoms with Crippen molar-refractivity contribution in [3.63, 3.8) is 0 Å². The molecule has 0 bridgehead atoms. The normalized spacial score (nSPS) is 23.8. The third kappa shape index (κ3) is 1.55. The molecule has 0 aromatic heterocycles. The molecule has 0 unspecified atom stereocenters. The van der Waals surface area contributed by atoms with E-state index in [9.17, 15) is 10.1 Å². The summed E-state index contributed by atoms with van der Waals surface area (Å²) in [5.41, 5.74) is 7.81. The highest BCUT2D eigenvalue weighted by atomic mass is 16.6. The lowest BCUT2D eigenvalue weighted by molar-refractivity contribution is -0.384. The van der Waals surface area contributed by atoms with Crippen LogP contribution in [0.25, 0.3) is 0 Å². The van der Waals surface area contributed by atoms with Crippen molar-refractivity contribution in [1.82, 2.24) is 0 Å². The molecule has 0 radical (unpaired) electrons. The summed E-state index contributed by atoms with van der Waals surface area (Å²) < 4.78 is 0. The summed E-state index contributed by atoms with van der Waals surface area (Å²) in [6, 6.07) is 6.72. The standard InChI is InChI=1S/C13H16N2O2/c14-13(8-12(9-13)6-1-7-12)10-2-4-11(5-3-10)15(16)17/h2-5H,1,6-9,14H2. The number of hydrogen-bond donors (Lipinski definition) is 1. The first-order chi connectivity index (χ1) is 8.03. The van der Waals surface area contributed by atoms with Crippen molar-refractivity contribution in [1.29, 1.82) is 0 Å². The number of benzene rings is 1. The van der Waals surface area contributed by atoms with Gasteiger partial charge in [0, 0.05) is 17.7 Å². The van der Waals surface area contributed by atoms with Gasteiger partial charge < -0.3 is 5.73 Å². The summed E-state index contributed by atoms with van der Waals surface area (Å²) in [4.78, 5) is 10.2. The van der Waals surface area contributed by atoms with Crippen molar-refractivity contribution in [2.75, 3.05) is 0 Å². The topological polar surface area (TPSA) is 69.2 Å². The smallest absolute Gasteiger partial charge is 0.269 e. The molecule has 2 saturated carbocycles. The minimum Gasteiger partial charge on any atom is -0.321 e. The molecular formula is C13H16N2O2. The summed E-state index contributed by atoms with van der Waals surface area (Å²) in [7, 11) is 0. The molecule has 2 aliphatic rings. The summed E-state index contributed by atoms with van der Waals surface area (Å²) >= 11 is 0. The molecule has 0 amide bonds. The Kier molecular flexibility index (Phi) is 2.08. The molecule has 2 fully saturated rings. The van der Waals surface area contributed by atoms with Gasteiger partial charge in [-0.3, -0.25) is 10.1 Å². The van der Waals surface area contributed by atoms with Crippen molar-refractivity contribution in [3.05, 3.63) is 39.9 Å². The molecule has 0 heterocycles. The fourth-order valence-electron chi connectivity index (χ4n) is 3.44. The number of nitro groups is 1. The predicted octanol–water partition coefficient (Wildman–Crippen LogP) is 2.71. The molecule has 1 aromatic rings. The van der Waals surface area contributed by atoms with Crippen LogP contribution in [0.5, 0.6) is 0 Å². The van der Waals surface area contributed by atoms with E-state index in [1.807, 2.05) is 12.1 Å². The Morgan fingerprint density at radius 3 is 2.18 bits per heavy atom. The molecule has 4 nitrogen and oxygen atoms in total. The quantitative estimate of drug-likeness (QED) is 0.629. The Hall–Kier alpha value is -1.42. The van der Waals surface area contributed by atoms with E-state index in [-0.39, 0.29) is 16.1 Å². The van der Waals surface area contributed by atoms with E-state index in [0.717, 1.165) is 18.4 Å².